The van der Waals surface area contributed by atoms with Crippen LogP contribution >= 0.6 is 0 Å². The first-order chi connectivity index (χ1) is 13.3. The Bertz CT molecular complexity index is 1140. The largest absolute Gasteiger partial charge is 0.545 e. The lowest BCUT2D eigenvalue weighted by Gasteiger charge is -2.21. The minimum atomic E-state index is -5.28. The molecule has 0 saturated heterocycles. The molecule has 1 aromatic heterocycles. The fraction of sp³-hybridized carbons (Fsp3) is 0.118. The van der Waals surface area contributed by atoms with Crippen molar-refractivity contribution in [3.05, 3.63) is 47.0 Å². The first-order valence-electron chi connectivity index (χ1n) is 7.66. The zero-order valence-electron chi connectivity index (χ0n) is 14.0. The Morgan fingerprint density at radius 3 is 2.14 bits per heavy atom. The Hall–Kier alpha value is -3.57. The van der Waals surface area contributed by atoms with Crippen LogP contribution in [0.1, 0.15) is 21.5 Å². The SMILES string of the molecule is Nc1nc(N)c2cc(-c3cc(C(F)(F)F)cc(C(=O)[O-])c3C(F)(F)F)ccc2n1. The summed E-state index contributed by atoms with van der Waals surface area (Å²) in [5.41, 5.74) is 4.85. The van der Waals surface area contributed by atoms with Gasteiger partial charge in [-0.25, -0.2) is 4.98 Å². The van der Waals surface area contributed by atoms with Crippen LogP contribution in [0.4, 0.5) is 38.1 Å². The summed E-state index contributed by atoms with van der Waals surface area (Å²) in [5, 5.41) is 11.2. The van der Waals surface area contributed by atoms with Crippen LogP contribution in [0.3, 0.4) is 0 Å². The van der Waals surface area contributed by atoms with Gasteiger partial charge in [0.2, 0.25) is 5.95 Å². The molecule has 0 aliphatic carbocycles. The molecule has 0 aliphatic heterocycles. The molecule has 0 unspecified atom stereocenters. The number of nitrogen functional groups attached to an aromatic ring is 2. The zero-order valence-corrected chi connectivity index (χ0v) is 14.0. The third-order valence-electron chi connectivity index (χ3n) is 4.02. The van der Waals surface area contributed by atoms with E-state index < -0.39 is 40.6 Å². The van der Waals surface area contributed by atoms with Gasteiger partial charge < -0.3 is 21.4 Å². The fourth-order valence-electron chi connectivity index (χ4n) is 2.84. The number of carbonyl (C=O) groups is 1. The van der Waals surface area contributed by atoms with Gasteiger partial charge in [0.1, 0.15) is 5.82 Å². The van der Waals surface area contributed by atoms with Gasteiger partial charge in [-0.1, -0.05) is 6.07 Å². The first-order valence-corrected chi connectivity index (χ1v) is 7.66. The van der Waals surface area contributed by atoms with Crippen molar-refractivity contribution >= 4 is 28.6 Å². The Kier molecular flexibility index (Phi) is 4.52. The van der Waals surface area contributed by atoms with E-state index in [1.54, 1.807) is 0 Å². The number of hydrogen-bond acceptors (Lipinski definition) is 6. The minimum absolute atomic E-state index is 0.0252. The van der Waals surface area contributed by atoms with E-state index >= 15 is 0 Å². The Morgan fingerprint density at radius 2 is 1.59 bits per heavy atom. The van der Waals surface area contributed by atoms with Crippen molar-refractivity contribution in [3.63, 3.8) is 0 Å². The van der Waals surface area contributed by atoms with Crippen LogP contribution in [0.2, 0.25) is 0 Å². The van der Waals surface area contributed by atoms with Crippen molar-refractivity contribution in [1.82, 2.24) is 9.97 Å². The number of carboxylic acids is 1. The van der Waals surface area contributed by atoms with E-state index in [0.29, 0.717) is 0 Å². The molecule has 12 heteroatoms. The van der Waals surface area contributed by atoms with E-state index in [1.165, 1.54) is 6.07 Å². The molecule has 0 fully saturated rings. The predicted molar refractivity (Wildman–Crippen MR) is 88.1 cm³/mol. The van der Waals surface area contributed by atoms with E-state index in [9.17, 15) is 36.2 Å². The van der Waals surface area contributed by atoms with E-state index in [-0.39, 0.29) is 40.4 Å². The normalized spacial score (nSPS) is 12.3. The Labute approximate surface area is 157 Å². The number of rotatable bonds is 2. The van der Waals surface area contributed by atoms with Gasteiger partial charge >= 0.3 is 12.4 Å². The molecule has 3 aromatic rings. The standard InChI is InChI=1S/C17H10F6N4O2/c18-16(19,20)7-4-8(12(17(21,22)23)10(5-7)14(28)29)6-1-2-11-9(3-6)13(24)27-15(25)26-11/h1-5H,(H,28,29)(H4,24,25,26,27)/p-1. The van der Waals surface area contributed by atoms with Crippen LogP contribution in [0.25, 0.3) is 22.0 Å². The summed E-state index contributed by atoms with van der Waals surface area (Å²) in [4.78, 5) is 18.7. The van der Waals surface area contributed by atoms with E-state index in [0.717, 1.165) is 12.1 Å². The average molecular weight is 415 g/mol. The molecule has 0 radical (unpaired) electrons. The molecule has 4 N–H and O–H groups in total. The number of carbonyl (C=O) groups excluding carboxylic acids is 1. The summed E-state index contributed by atoms with van der Waals surface area (Å²) in [6, 6.07) is 3.34. The van der Waals surface area contributed by atoms with Gasteiger partial charge in [0, 0.05) is 10.9 Å². The molecule has 1 heterocycles. The highest BCUT2D eigenvalue weighted by Crippen LogP contribution is 2.43. The summed E-state index contributed by atoms with van der Waals surface area (Å²) in [6.07, 6.45) is -10.4. The number of nitrogens with two attached hydrogens (primary N) is 2. The van der Waals surface area contributed by atoms with Gasteiger partial charge in [-0.2, -0.15) is 31.3 Å². The molecule has 152 valence electrons. The molecular weight excluding hydrogens is 406 g/mol. The highest BCUT2D eigenvalue weighted by Gasteiger charge is 2.40. The number of halogens is 6. The van der Waals surface area contributed by atoms with Crippen molar-refractivity contribution in [2.45, 2.75) is 12.4 Å². The summed E-state index contributed by atoms with van der Waals surface area (Å²) in [7, 11) is 0. The Morgan fingerprint density at radius 1 is 0.931 bits per heavy atom. The van der Waals surface area contributed by atoms with Crippen LogP contribution in [0, 0.1) is 0 Å². The number of aromatic carboxylic acids is 1. The lowest BCUT2D eigenvalue weighted by molar-refractivity contribution is -0.255. The average Bonchev–Trinajstić information content (AvgIpc) is 2.58. The predicted octanol–water partition coefficient (Wildman–Crippen LogP) is 2.86. The first kappa shape index (κ1) is 20.2. The highest BCUT2D eigenvalue weighted by atomic mass is 19.4. The maximum atomic E-state index is 13.6. The third kappa shape index (κ3) is 3.73. The zero-order chi connectivity index (χ0) is 21.7. The number of benzene rings is 2. The summed E-state index contributed by atoms with van der Waals surface area (Å²) in [6.45, 7) is 0. The molecule has 0 atom stereocenters. The molecule has 29 heavy (non-hydrogen) atoms. The van der Waals surface area contributed by atoms with Gasteiger partial charge in [-0.05, 0) is 35.4 Å². The minimum Gasteiger partial charge on any atom is -0.545 e. The maximum Gasteiger partial charge on any atom is 0.417 e. The number of hydrogen-bond donors (Lipinski definition) is 2. The monoisotopic (exact) mass is 415 g/mol. The lowest BCUT2D eigenvalue weighted by Crippen LogP contribution is -2.27. The van der Waals surface area contributed by atoms with Gasteiger partial charge in [-0.15, -0.1) is 0 Å². The molecule has 3 rings (SSSR count). The number of carboxylic acid groups (broad SMARTS) is 1. The van der Waals surface area contributed by atoms with Crippen molar-refractivity contribution < 1.29 is 36.2 Å². The molecule has 2 aromatic carbocycles. The van der Waals surface area contributed by atoms with Crippen LogP contribution in [-0.4, -0.2) is 15.9 Å². The van der Waals surface area contributed by atoms with Crippen molar-refractivity contribution in [3.8, 4) is 11.1 Å². The van der Waals surface area contributed by atoms with Crippen LogP contribution in [-0.2, 0) is 12.4 Å². The van der Waals surface area contributed by atoms with Crippen LogP contribution in [0.15, 0.2) is 30.3 Å². The summed E-state index contributed by atoms with van der Waals surface area (Å²) < 4.78 is 80.3. The van der Waals surface area contributed by atoms with Crippen LogP contribution in [0.5, 0.6) is 0 Å². The second-order valence-corrected chi connectivity index (χ2v) is 5.93. The second kappa shape index (κ2) is 6.50. The molecular formula is C17H9F6N4O2-. The number of anilines is 2. The molecule has 0 aliphatic rings. The smallest absolute Gasteiger partial charge is 0.417 e. The third-order valence-corrected chi connectivity index (χ3v) is 4.02. The molecule has 0 amide bonds. The van der Waals surface area contributed by atoms with Crippen molar-refractivity contribution in [1.29, 1.82) is 0 Å². The van der Waals surface area contributed by atoms with E-state index in [1.807, 2.05) is 0 Å². The molecule has 6 nitrogen and oxygen atoms in total. The van der Waals surface area contributed by atoms with Gasteiger partial charge in [-0.3, -0.25) is 0 Å². The number of alkyl halides is 6. The van der Waals surface area contributed by atoms with Gasteiger partial charge in [0.05, 0.1) is 22.6 Å². The second-order valence-electron chi connectivity index (χ2n) is 5.93. The number of aromatic nitrogens is 2. The van der Waals surface area contributed by atoms with E-state index in [2.05, 4.69) is 9.97 Å². The van der Waals surface area contributed by atoms with Crippen molar-refractivity contribution in [2.24, 2.45) is 0 Å². The number of nitrogens with zero attached hydrogens (tertiary/aromatic N) is 2. The molecule has 0 spiro atoms. The summed E-state index contributed by atoms with van der Waals surface area (Å²) in [5.74, 6) is -2.83. The van der Waals surface area contributed by atoms with Gasteiger partial charge in [0.15, 0.2) is 0 Å². The summed E-state index contributed by atoms with van der Waals surface area (Å²) >= 11 is 0. The maximum absolute atomic E-state index is 13.6. The topological polar surface area (TPSA) is 118 Å². The fourth-order valence-corrected chi connectivity index (χ4v) is 2.84. The highest BCUT2D eigenvalue weighted by molar-refractivity contribution is 5.95. The molecule has 0 bridgehead atoms. The Balaban J connectivity index is 2.42. The lowest BCUT2D eigenvalue weighted by atomic mass is 9.91. The van der Waals surface area contributed by atoms with Crippen LogP contribution < -0.4 is 16.6 Å². The number of fused-ring (bicyclic) bond motifs is 1. The molecule has 0 saturated carbocycles. The van der Waals surface area contributed by atoms with Crippen molar-refractivity contribution in [2.75, 3.05) is 11.5 Å². The van der Waals surface area contributed by atoms with Gasteiger partial charge in [0.25, 0.3) is 0 Å². The van der Waals surface area contributed by atoms with E-state index in [4.69, 9.17) is 11.5 Å². The quantitative estimate of drug-likeness (QED) is 0.622.